The Labute approximate surface area is 171 Å². The first kappa shape index (κ1) is 25.0. The van der Waals surface area contributed by atoms with Crippen molar-refractivity contribution in [3.8, 4) is 0 Å². The second-order valence-corrected chi connectivity index (χ2v) is 10.3. The molecule has 1 aliphatic heterocycles. The van der Waals surface area contributed by atoms with Gasteiger partial charge in [-0.25, -0.2) is 0 Å². The van der Waals surface area contributed by atoms with Crippen molar-refractivity contribution in [1.29, 1.82) is 0 Å². The maximum absolute atomic E-state index is 12.7. The molecule has 0 bridgehead atoms. The first-order chi connectivity index (χ1) is 12.9. The number of aliphatic hydroxyl groups excluding tert-OH is 1. The van der Waals surface area contributed by atoms with Crippen LogP contribution in [0, 0.1) is 0 Å². The Morgan fingerprint density at radius 3 is 2.59 bits per heavy atom. The second kappa shape index (κ2) is 14.0. The molecule has 1 heterocycles. The van der Waals surface area contributed by atoms with Gasteiger partial charge in [0.1, 0.15) is 0 Å². The van der Waals surface area contributed by atoms with Crippen LogP contribution in [0.5, 0.6) is 0 Å². The number of likely N-dealkylation sites (tertiary alicyclic amines) is 1. The van der Waals surface area contributed by atoms with E-state index in [4.69, 9.17) is 14.2 Å². The summed E-state index contributed by atoms with van der Waals surface area (Å²) < 4.78 is 16.1. The molecule has 1 aliphatic rings. The van der Waals surface area contributed by atoms with E-state index in [1.54, 1.807) is 33.6 Å². The van der Waals surface area contributed by atoms with Gasteiger partial charge in [0, 0.05) is 37.1 Å². The number of aliphatic hydroxyl groups is 1. The maximum Gasteiger partial charge on any atom is 0.224 e. The number of amides is 1. The lowest BCUT2D eigenvalue weighted by Gasteiger charge is -2.28. The fraction of sp³-hybridized carbons (Fsp3) is 0.944. The highest BCUT2D eigenvalue weighted by atomic mass is 33.1. The summed E-state index contributed by atoms with van der Waals surface area (Å²) in [4.78, 5) is 14.4. The highest BCUT2D eigenvalue weighted by Gasteiger charge is 2.37. The monoisotopic (exact) mass is 424 g/mol. The fourth-order valence-corrected chi connectivity index (χ4v) is 5.17. The summed E-state index contributed by atoms with van der Waals surface area (Å²) >= 11 is 0. The lowest BCUT2D eigenvalue weighted by atomic mass is 10.1. The third-order valence-corrected chi connectivity index (χ3v) is 7.54. The Hall–Kier alpha value is -0.0300. The largest absolute Gasteiger partial charge is 0.394 e. The van der Waals surface area contributed by atoms with E-state index in [0.717, 1.165) is 12.3 Å². The molecule has 0 saturated carbocycles. The number of rotatable bonds is 15. The van der Waals surface area contributed by atoms with E-state index >= 15 is 0 Å². The minimum absolute atomic E-state index is 0.00999. The summed E-state index contributed by atoms with van der Waals surface area (Å²) in [5.74, 6) is 0.953. The van der Waals surface area contributed by atoms with E-state index in [0.29, 0.717) is 45.8 Å². The number of methoxy groups -OCH3 is 1. The van der Waals surface area contributed by atoms with Gasteiger partial charge in [-0.3, -0.25) is 4.79 Å². The van der Waals surface area contributed by atoms with E-state index in [1.807, 2.05) is 7.05 Å². The first-order valence-corrected chi connectivity index (χ1v) is 11.8. The molecule has 7 nitrogen and oxygen atoms in total. The molecular weight excluding hydrogens is 388 g/mol. The van der Waals surface area contributed by atoms with Gasteiger partial charge in [-0.2, -0.15) is 0 Å². The molecule has 0 aromatic heterocycles. The van der Waals surface area contributed by atoms with E-state index in [2.05, 4.69) is 19.2 Å². The zero-order chi connectivity index (χ0) is 20.1. The van der Waals surface area contributed by atoms with Gasteiger partial charge in [0.2, 0.25) is 5.91 Å². The zero-order valence-corrected chi connectivity index (χ0v) is 18.7. The van der Waals surface area contributed by atoms with Crippen LogP contribution in [0.15, 0.2) is 0 Å². The Morgan fingerprint density at radius 2 is 1.96 bits per heavy atom. The smallest absolute Gasteiger partial charge is 0.224 e. The number of carbonyl (C=O) groups excluding carboxylic acids is 1. The van der Waals surface area contributed by atoms with Crippen LogP contribution >= 0.6 is 21.6 Å². The lowest BCUT2D eigenvalue weighted by molar-refractivity contribution is -0.133. The highest BCUT2D eigenvalue weighted by Crippen LogP contribution is 2.38. The molecule has 1 fully saturated rings. The third-order valence-electron chi connectivity index (χ3n) is 4.28. The van der Waals surface area contributed by atoms with Crippen LogP contribution in [-0.2, 0) is 19.0 Å². The van der Waals surface area contributed by atoms with Gasteiger partial charge in [-0.05, 0) is 27.3 Å². The van der Waals surface area contributed by atoms with Crippen molar-refractivity contribution in [3.05, 3.63) is 0 Å². The summed E-state index contributed by atoms with van der Waals surface area (Å²) in [6.07, 6.45) is 1.17. The molecular formula is C18H36N2O5S2. The zero-order valence-electron chi connectivity index (χ0n) is 17.1. The van der Waals surface area contributed by atoms with Gasteiger partial charge in [0.15, 0.2) is 0 Å². The van der Waals surface area contributed by atoms with Gasteiger partial charge in [-0.15, -0.1) is 0 Å². The molecule has 9 heteroatoms. The molecule has 0 spiro atoms. The average molecular weight is 425 g/mol. The molecule has 2 atom stereocenters. The van der Waals surface area contributed by atoms with Crippen LogP contribution in [0.1, 0.15) is 26.7 Å². The van der Waals surface area contributed by atoms with Crippen LogP contribution in [0.2, 0.25) is 0 Å². The van der Waals surface area contributed by atoms with Crippen LogP contribution in [0.3, 0.4) is 0 Å². The summed E-state index contributed by atoms with van der Waals surface area (Å²) in [5.41, 5.74) is 0. The maximum atomic E-state index is 12.7. The Kier molecular flexibility index (Phi) is 13.0. The van der Waals surface area contributed by atoms with Gasteiger partial charge < -0.3 is 29.5 Å². The highest BCUT2D eigenvalue weighted by molar-refractivity contribution is 8.77. The molecule has 0 radical (unpaired) electrons. The van der Waals surface area contributed by atoms with Crippen molar-refractivity contribution in [2.75, 3.05) is 66.0 Å². The number of carbonyl (C=O) groups is 1. The second-order valence-electron chi connectivity index (χ2n) is 7.15. The fourth-order valence-electron chi connectivity index (χ4n) is 2.81. The normalized spacial score (nSPS) is 20.4. The van der Waals surface area contributed by atoms with Gasteiger partial charge in [0.05, 0.1) is 45.2 Å². The molecule has 0 unspecified atom stereocenters. The number of likely N-dealkylation sites (N-methyl/N-ethyl adjacent to an activating group) is 1. The van der Waals surface area contributed by atoms with E-state index in [1.165, 1.54) is 0 Å². The minimum atomic E-state index is -0.177. The summed E-state index contributed by atoms with van der Waals surface area (Å²) in [6.45, 7) is 8.16. The summed E-state index contributed by atoms with van der Waals surface area (Å²) in [6, 6.07) is -0.125. The molecule has 2 N–H and O–H groups in total. The van der Waals surface area contributed by atoms with Crippen molar-refractivity contribution in [2.45, 2.75) is 43.6 Å². The van der Waals surface area contributed by atoms with Gasteiger partial charge in [-0.1, -0.05) is 21.6 Å². The molecule has 1 saturated heterocycles. The van der Waals surface area contributed by atoms with E-state index in [-0.39, 0.29) is 29.4 Å². The van der Waals surface area contributed by atoms with Crippen molar-refractivity contribution < 1.29 is 24.1 Å². The Bertz CT molecular complexity index is 415. The molecule has 27 heavy (non-hydrogen) atoms. The first-order valence-electron chi connectivity index (χ1n) is 9.47. The number of hydrogen-bond acceptors (Lipinski definition) is 8. The number of hydrogen-bond donors (Lipinski definition) is 2. The topological polar surface area (TPSA) is 80.3 Å². The summed E-state index contributed by atoms with van der Waals surface area (Å²) in [5, 5.41) is 12.5. The number of nitrogens with one attached hydrogen (secondary N) is 1. The molecule has 160 valence electrons. The lowest BCUT2D eigenvalue weighted by Crippen LogP contribution is -2.40. The predicted octanol–water partition coefficient (Wildman–Crippen LogP) is 1.40. The standard InChI is InChI=1S/C18H36N2O5S2/c1-18(2,27-26-10-9-25-8-7-24-6-5-19-3)12-17(22)20-13-16(23-4)11-15(20)14-21/h15-16,19,21H,5-14H2,1-4H3/t15-,16+/m0/s1. The third kappa shape index (κ3) is 10.3. The van der Waals surface area contributed by atoms with Crippen molar-refractivity contribution in [1.82, 2.24) is 10.2 Å². The van der Waals surface area contributed by atoms with Crippen molar-refractivity contribution in [2.24, 2.45) is 0 Å². The molecule has 1 rings (SSSR count). The van der Waals surface area contributed by atoms with E-state index < -0.39 is 0 Å². The van der Waals surface area contributed by atoms with Gasteiger partial charge in [0.25, 0.3) is 0 Å². The van der Waals surface area contributed by atoms with E-state index in [9.17, 15) is 9.90 Å². The SMILES string of the molecule is CNCCOCCOCCSSC(C)(C)CC(=O)N1C[C@H](OC)C[C@H]1CO. The minimum Gasteiger partial charge on any atom is -0.394 e. The average Bonchev–Trinajstić information content (AvgIpc) is 3.06. The van der Waals surface area contributed by atoms with Crippen molar-refractivity contribution >= 4 is 27.5 Å². The van der Waals surface area contributed by atoms with Crippen LogP contribution in [0.4, 0.5) is 0 Å². The quantitative estimate of drug-likeness (QED) is 0.302. The summed E-state index contributed by atoms with van der Waals surface area (Å²) in [7, 11) is 6.99. The number of nitrogens with zero attached hydrogens (tertiary/aromatic N) is 1. The predicted molar refractivity (Wildman–Crippen MR) is 112 cm³/mol. The molecule has 0 aromatic rings. The van der Waals surface area contributed by atoms with Crippen LogP contribution in [0.25, 0.3) is 0 Å². The molecule has 1 amide bonds. The Morgan fingerprint density at radius 1 is 1.26 bits per heavy atom. The van der Waals surface area contributed by atoms with Crippen LogP contribution in [-0.4, -0.2) is 98.8 Å². The van der Waals surface area contributed by atoms with Gasteiger partial charge >= 0.3 is 0 Å². The molecule has 0 aliphatic carbocycles. The van der Waals surface area contributed by atoms with Crippen molar-refractivity contribution in [3.63, 3.8) is 0 Å². The van der Waals surface area contributed by atoms with Crippen LogP contribution < -0.4 is 5.32 Å². The Balaban J connectivity index is 2.17. The number of ether oxygens (including phenoxy) is 3. The molecule has 0 aromatic carbocycles.